The highest BCUT2D eigenvalue weighted by Gasteiger charge is 2.24. The van der Waals surface area contributed by atoms with Crippen LogP contribution in [0.15, 0.2) is 4.99 Å². The molecular formula is C19H32IN7S. The molecule has 0 saturated heterocycles. The molecule has 0 saturated carbocycles. The smallest absolute Gasteiger partial charge is 0.191 e. The first-order valence-electron chi connectivity index (χ1n) is 9.74. The molecule has 0 bridgehead atoms. The predicted octanol–water partition coefficient (Wildman–Crippen LogP) is 3.59. The fourth-order valence-corrected chi connectivity index (χ4v) is 4.54. The fraction of sp³-hybridized carbons (Fsp3) is 0.684. The maximum Gasteiger partial charge on any atom is 0.191 e. The number of nitrogens with one attached hydrogen (secondary N) is 2. The maximum absolute atomic E-state index is 4.77. The van der Waals surface area contributed by atoms with Crippen molar-refractivity contribution in [3.8, 4) is 0 Å². The van der Waals surface area contributed by atoms with Crippen molar-refractivity contribution < 1.29 is 0 Å². The van der Waals surface area contributed by atoms with Crippen molar-refractivity contribution >= 4 is 41.3 Å². The molecule has 0 aromatic carbocycles. The second-order valence-corrected chi connectivity index (χ2v) is 9.04. The fourth-order valence-electron chi connectivity index (χ4n) is 3.52. The molecule has 7 nitrogen and oxygen atoms in total. The minimum atomic E-state index is 0. The molecule has 3 rings (SSSR count). The van der Waals surface area contributed by atoms with Crippen molar-refractivity contribution in [3.05, 3.63) is 27.2 Å². The van der Waals surface area contributed by atoms with Gasteiger partial charge in [-0.15, -0.1) is 45.5 Å². The highest BCUT2D eigenvalue weighted by molar-refractivity contribution is 14.0. The molecule has 28 heavy (non-hydrogen) atoms. The van der Waals surface area contributed by atoms with Crippen LogP contribution >= 0.6 is 35.3 Å². The third-order valence-corrected chi connectivity index (χ3v) is 5.87. The van der Waals surface area contributed by atoms with Crippen molar-refractivity contribution in [2.24, 2.45) is 4.99 Å². The molecule has 2 N–H and O–H groups in total. The summed E-state index contributed by atoms with van der Waals surface area (Å²) in [7, 11) is 1.81. The van der Waals surface area contributed by atoms with Crippen molar-refractivity contribution in [1.29, 1.82) is 0 Å². The molecule has 0 spiro atoms. The SMILES string of the molecule is CN=C(NCc1nc(C(C)C)c(C)s1)NC1CCc2nnc(C(C)C)n2C1.I. The summed E-state index contributed by atoms with van der Waals surface area (Å²) < 4.78 is 2.26. The number of fused-ring (bicyclic) bond motifs is 1. The highest BCUT2D eigenvalue weighted by Crippen LogP contribution is 2.24. The van der Waals surface area contributed by atoms with Crippen LogP contribution < -0.4 is 10.6 Å². The molecule has 2 aromatic heterocycles. The summed E-state index contributed by atoms with van der Waals surface area (Å²) in [5, 5.41) is 16.8. The van der Waals surface area contributed by atoms with Gasteiger partial charge in [0.2, 0.25) is 0 Å². The standard InChI is InChI=1S/C19H31N7S.HI/c1-11(2)17-13(5)27-16(23-17)9-21-19(20-6)22-14-7-8-15-24-25-18(12(3)4)26(15)10-14;/h11-12,14H,7-10H2,1-6H3,(H2,20,21,22);1H. The van der Waals surface area contributed by atoms with Crippen LogP contribution in [0.5, 0.6) is 0 Å². The zero-order valence-electron chi connectivity index (χ0n) is 17.6. The average molecular weight is 517 g/mol. The Hall–Kier alpha value is -1.23. The van der Waals surface area contributed by atoms with Crippen LogP contribution in [0.1, 0.15) is 73.2 Å². The second kappa shape index (κ2) is 10.00. The van der Waals surface area contributed by atoms with E-state index in [0.717, 1.165) is 42.0 Å². The van der Waals surface area contributed by atoms with E-state index < -0.39 is 0 Å². The Morgan fingerprint density at radius 3 is 2.61 bits per heavy atom. The third-order valence-electron chi connectivity index (χ3n) is 4.89. The lowest BCUT2D eigenvalue weighted by molar-refractivity contribution is 0.407. The number of hydrogen-bond donors (Lipinski definition) is 2. The largest absolute Gasteiger partial charge is 0.352 e. The highest BCUT2D eigenvalue weighted by atomic mass is 127. The van der Waals surface area contributed by atoms with Crippen LogP contribution in [0.4, 0.5) is 0 Å². The van der Waals surface area contributed by atoms with Crippen molar-refractivity contribution in [2.75, 3.05) is 7.05 Å². The predicted molar refractivity (Wildman–Crippen MR) is 126 cm³/mol. The first-order valence-corrected chi connectivity index (χ1v) is 10.6. The lowest BCUT2D eigenvalue weighted by Gasteiger charge is -2.27. The molecule has 0 aliphatic carbocycles. The Bertz CT molecular complexity index is 809. The average Bonchev–Trinajstić information content (AvgIpc) is 3.21. The van der Waals surface area contributed by atoms with Gasteiger partial charge >= 0.3 is 0 Å². The summed E-state index contributed by atoms with van der Waals surface area (Å²) in [5.74, 6) is 3.83. The van der Waals surface area contributed by atoms with E-state index in [1.165, 1.54) is 10.6 Å². The minimum absolute atomic E-state index is 0. The van der Waals surface area contributed by atoms with Gasteiger partial charge < -0.3 is 15.2 Å². The third kappa shape index (κ3) is 5.22. The lowest BCUT2D eigenvalue weighted by Crippen LogP contribution is -2.46. The lowest BCUT2D eigenvalue weighted by atomic mass is 10.1. The van der Waals surface area contributed by atoms with Gasteiger partial charge in [-0.2, -0.15) is 0 Å². The minimum Gasteiger partial charge on any atom is -0.352 e. The number of aromatic nitrogens is 4. The second-order valence-electron chi connectivity index (χ2n) is 7.75. The van der Waals surface area contributed by atoms with Gasteiger partial charge in [0, 0.05) is 36.9 Å². The number of rotatable bonds is 5. The van der Waals surface area contributed by atoms with Gasteiger partial charge in [0.05, 0.1) is 12.2 Å². The van der Waals surface area contributed by atoms with Gasteiger partial charge in [0.15, 0.2) is 5.96 Å². The first-order chi connectivity index (χ1) is 12.9. The number of aryl methyl sites for hydroxylation is 2. The van der Waals surface area contributed by atoms with Crippen LogP contribution in [0.3, 0.4) is 0 Å². The zero-order chi connectivity index (χ0) is 19.6. The molecule has 1 atom stereocenters. The van der Waals surface area contributed by atoms with Crippen LogP contribution in [-0.4, -0.2) is 38.8 Å². The summed E-state index contributed by atoms with van der Waals surface area (Å²) >= 11 is 1.76. The van der Waals surface area contributed by atoms with Crippen LogP contribution in [-0.2, 0) is 19.5 Å². The van der Waals surface area contributed by atoms with E-state index in [-0.39, 0.29) is 24.0 Å². The summed E-state index contributed by atoms with van der Waals surface area (Å²) in [6.07, 6.45) is 1.97. The molecule has 9 heteroatoms. The number of halogens is 1. The van der Waals surface area contributed by atoms with Crippen LogP contribution in [0.2, 0.25) is 0 Å². The van der Waals surface area contributed by atoms with Gasteiger partial charge in [-0.1, -0.05) is 27.7 Å². The summed E-state index contributed by atoms with van der Waals surface area (Å²) in [6.45, 7) is 12.4. The number of aliphatic imine (C=N–C) groups is 1. The van der Waals surface area contributed by atoms with Crippen molar-refractivity contribution in [2.45, 2.75) is 78.4 Å². The Morgan fingerprint density at radius 2 is 2.00 bits per heavy atom. The normalized spacial score (nSPS) is 16.9. The molecule has 1 aliphatic rings. The van der Waals surface area contributed by atoms with Gasteiger partial charge in [0.1, 0.15) is 16.7 Å². The molecule has 156 valence electrons. The quantitative estimate of drug-likeness (QED) is 0.360. The molecule has 0 fully saturated rings. The number of guanidine groups is 1. The van der Waals surface area contributed by atoms with E-state index in [4.69, 9.17) is 4.98 Å². The van der Waals surface area contributed by atoms with Gasteiger partial charge in [-0.3, -0.25) is 4.99 Å². The molecule has 2 aromatic rings. The van der Waals surface area contributed by atoms with E-state index in [1.54, 1.807) is 11.3 Å². The molecule has 0 radical (unpaired) electrons. The molecule has 0 amide bonds. The first kappa shape index (κ1) is 23.1. The summed E-state index contributed by atoms with van der Waals surface area (Å²) in [5.41, 5.74) is 1.20. The van der Waals surface area contributed by atoms with Crippen LogP contribution in [0, 0.1) is 6.92 Å². The van der Waals surface area contributed by atoms with E-state index in [2.05, 4.69) is 65.0 Å². The van der Waals surface area contributed by atoms with Gasteiger partial charge in [-0.25, -0.2) is 4.98 Å². The monoisotopic (exact) mass is 517 g/mol. The Labute approximate surface area is 188 Å². The Balaban J connectivity index is 0.00000280. The molecule has 1 unspecified atom stereocenters. The Morgan fingerprint density at radius 1 is 1.25 bits per heavy atom. The van der Waals surface area contributed by atoms with Crippen molar-refractivity contribution in [3.63, 3.8) is 0 Å². The van der Waals surface area contributed by atoms with E-state index >= 15 is 0 Å². The van der Waals surface area contributed by atoms with E-state index in [9.17, 15) is 0 Å². The summed E-state index contributed by atoms with van der Waals surface area (Å²) in [4.78, 5) is 10.5. The van der Waals surface area contributed by atoms with E-state index in [0.29, 0.717) is 24.4 Å². The van der Waals surface area contributed by atoms with E-state index in [1.807, 2.05) is 7.05 Å². The molecule has 3 heterocycles. The Kier molecular flexibility index (Phi) is 8.23. The maximum atomic E-state index is 4.77. The number of nitrogens with zero attached hydrogens (tertiary/aromatic N) is 5. The zero-order valence-corrected chi connectivity index (χ0v) is 20.8. The topological polar surface area (TPSA) is 80.0 Å². The van der Waals surface area contributed by atoms with Gasteiger partial charge in [-0.05, 0) is 19.3 Å². The number of hydrogen-bond acceptors (Lipinski definition) is 5. The van der Waals surface area contributed by atoms with Gasteiger partial charge in [0.25, 0.3) is 0 Å². The molecule has 1 aliphatic heterocycles. The molecular weight excluding hydrogens is 485 g/mol. The number of thiazole rings is 1. The van der Waals surface area contributed by atoms with Crippen LogP contribution in [0.25, 0.3) is 0 Å². The van der Waals surface area contributed by atoms with Crippen molar-refractivity contribution in [1.82, 2.24) is 30.4 Å². The summed E-state index contributed by atoms with van der Waals surface area (Å²) in [6, 6.07) is 0.321.